The molecular formula is C101H136INaO31S4. The summed E-state index contributed by atoms with van der Waals surface area (Å²) in [6, 6.07) is 24.4. The van der Waals surface area contributed by atoms with Gasteiger partial charge >= 0.3 is 83.3 Å². The smallest absolute Gasteiger partial charge is 1.00 e. The number of fused-ring (bicyclic) bond motifs is 3. The van der Waals surface area contributed by atoms with Gasteiger partial charge in [-0.05, 0) is 156 Å². The first-order chi connectivity index (χ1) is 63.1. The van der Waals surface area contributed by atoms with Crippen molar-refractivity contribution in [1.29, 1.82) is 0 Å². The third-order valence-electron chi connectivity index (χ3n) is 29.5. The molecule has 0 radical (unpaired) electrons. The molecule has 138 heavy (non-hydrogen) atoms. The summed E-state index contributed by atoms with van der Waals surface area (Å²) in [7, 11) is 0. The van der Waals surface area contributed by atoms with Crippen LogP contribution in [0.2, 0.25) is 0 Å². The Bertz CT molecular complexity index is 5110. The molecule has 12 rings (SSSR count). The van der Waals surface area contributed by atoms with Gasteiger partial charge < -0.3 is 94.0 Å². The summed E-state index contributed by atoms with van der Waals surface area (Å²) in [4.78, 5) is 161. The number of aliphatic hydroxyl groups is 7. The SMILES string of the molecule is C.CC(=O)O[C@H](C)C(=O)[C@@]1(C)[C@H]([C@H](OC(=O)c2ccccc2)[C@]2(O)CC(O)C(C)=CC2(C)C)[C@]2(OC(C)=O)CO[C@@H]2C[C@@H]1O.CC(=O)O[C@H](C)C(=O)[C@]1(C)CC[C@H]2OC[C@@]2(OC(C)=O)[C@H]1[C@H](OC(=O)c1ccccc1)[C@]1(O)CC(O)C(C)=CC1(C)C.CI.CSC(=S)[C@H]1C[C@H]2OC[C@@]2(OC(C)=O)[C@@H]([C@H](OC(=O)c2ccccc2)[C@]2(O)CC(O)C(C)=CC2(C)C)[C@]1(C)C(=O)[C@@H](C)OC(C)=O.S=C=S.[H-].[Na+]. The zero-order chi connectivity index (χ0) is 102. The summed E-state index contributed by atoms with van der Waals surface area (Å²) in [5.74, 6) is -12.7. The Morgan fingerprint density at radius 2 is 0.717 bits per heavy atom. The molecule has 3 unspecified atom stereocenters. The standard InChI is InChI=1S/C34H44O10S2.C32H42O11.C32H42O10.CH3I.CS2.CH4.Na.H/c1-18-15-31(5,6)34(40,16-24(18)37)28(43-29(39)22-12-10-9-11-13-22)26-32(7,27(38)19(2)42-20(3)35)23(30(45)46-8)14-25-33(26,17-41-25)44-21(4)36;1-17-14-29(5,6)32(39,15-22(17)35)27(42-28(38)21-11-9-8-10-12-21)25-30(7,26(37)18(2)41-19(3)33)23(36)13-24-31(25,16-40-24)43-20(4)34;1-18-15-29(5,6)32(38,16-23(18)35)27(41-28(37)22-11-9-8-10-12-22)25-30(7,26(36)19(2)40-20(3)33)14-13-24-31(25,17-39-24)42-21(4)34;1-2;2-1-3;;;/h9-13,15,19,23-26,28,37,40H,14,16-17H2,1-8H3;8-12,14,18,22-25,27,35-36,39H,13,15-16H2,1-7H3;8-12,15,19,23-25,27,35,38H,13-14,16-17H2,1-7H3;1H3;;1H4;;/q;;;;;;+1;-1/t19-,23-,24?,25-,26+,28+,32-,33+,34-;18-,22?,23+,24-,25+,27+,30-,31+,32-;19-,23?,24-,25+,27+,30-,31+,32-;;;;;/m111...../s1. The van der Waals surface area contributed by atoms with Gasteiger partial charge in [0.15, 0.2) is 52.5 Å². The van der Waals surface area contributed by atoms with Crippen LogP contribution in [-0.2, 0) is 100.0 Å². The van der Waals surface area contributed by atoms with Gasteiger partial charge in [-0.2, -0.15) is 0 Å². The maximum Gasteiger partial charge on any atom is 1.00 e. The van der Waals surface area contributed by atoms with Crippen LogP contribution in [0.3, 0.4) is 0 Å². The minimum atomic E-state index is -2.06. The second kappa shape index (κ2) is 46.9. The van der Waals surface area contributed by atoms with Gasteiger partial charge in [0.05, 0.1) is 88.3 Å². The van der Waals surface area contributed by atoms with E-state index < -0.39 is 240 Å². The third-order valence-corrected chi connectivity index (χ3v) is 30.9. The molecular weight excluding hydrogens is 1990 g/mol. The molecule has 37 heteroatoms. The number of thioether (sulfide) groups is 1. The number of ether oxygens (including phenoxy) is 12. The van der Waals surface area contributed by atoms with Gasteiger partial charge in [0.2, 0.25) is 0 Å². The normalized spacial score (nSPS) is 33.4. The van der Waals surface area contributed by atoms with Gasteiger partial charge in [-0.15, -0.1) is 11.8 Å². The number of carbonyl (C=O) groups is 12. The van der Waals surface area contributed by atoms with Crippen LogP contribution in [0.5, 0.6) is 0 Å². The fourth-order valence-electron chi connectivity index (χ4n) is 22.5. The van der Waals surface area contributed by atoms with Crippen LogP contribution in [-0.4, -0.2) is 259 Å². The molecule has 3 aromatic carbocycles. The predicted octanol–water partition coefficient (Wildman–Crippen LogP) is 9.66. The monoisotopic (exact) mass is 2120 g/mol. The van der Waals surface area contributed by atoms with E-state index in [0.29, 0.717) is 27.3 Å². The summed E-state index contributed by atoms with van der Waals surface area (Å²) >= 11 is 17.2. The molecule has 3 heterocycles. The molecule has 0 spiro atoms. The first-order valence-electron chi connectivity index (χ1n) is 44.9. The molecule has 3 saturated heterocycles. The van der Waals surface area contributed by atoms with Crippen molar-refractivity contribution in [2.45, 2.75) is 311 Å². The van der Waals surface area contributed by atoms with E-state index in [0.717, 1.165) is 6.92 Å². The fourth-order valence-corrected chi connectivity index (χ4v) is 23.5. The van der Waals surface area contributed by atoms with Gasteiger partial charge in [0.25, 0.3) is 0 Å². The van der Waals surface area contributed by atoms with Crippen molar-refractivity contribution < 1.29 is 181 Å². The first kappa shape index (κ1) is 120. The zero-order valence-electron chi connectivity index (χ0n) is 83.2. The van der Waals surface area contributed by atoms with Crippen LogP contribution in [0.4, 0.5) is 0 Å². The summed E-state index contributed by atoms with van der Waals surface area (Å²) < 4.78 is 72.9. The zero-order valence-corrected chi connectivity index (χ0v) is 89.6. The molecule has 6 aliphatic carbocycles. The number of aliphatic hydroxyl groups excluding tert-OH is 4. The molecule has 0 amide bonds. The van der Waals surface area contributed by atoms with Crippen LogP contribution in [0.1, 0.15) is 230 Å². The van der Waals surface area contributed by atoms with Crippen molar-refractivity contribution in [3.63, 3.8) is 0 Å². The van der Waals surface area contributed by atoms with Crippen LogP contribution in [0.25, 0.3) is 0 Å². The number of halogens is 1. The van der Waals surface area contributed by atoms with Gasteiger partial charge in [-0.25, -0.2) is 14.4 Å². The van der Waals surface area contributed by atoms with Crippen molar-refractivity contribution in [2.24, 2.45) is 56.2 Å². The van der Waals surface area contributed by atoms with Crippen LogP contribution in [0.15, 0.2) is 126 Å². The number of hydrogen-bond acceptors (Lipinski definition) is 35. The van der Waals surface area contributed by atoms with Crippen molar-refractivity contribution in [2.75, 3.05) is 31.0 Å². The number of Topliss-reactive ketones (excluding diaryl/α,β-unsaturated/α-hetero) is 3. The number of hydrogen-bond donors (Lipinski definition) is 7. The molecule has 3 saturated carbocycles. The topological polar surface area (TPSA) is 457 Å². The number of alkyl halides is 1. The van der Waals surface area contributed by atoms with Crippen molar-refractivity contribution in [3.05, 3.63) is 143 Å². The molecule has 0 aromatic heterocycles. The van der Waals surface area contributed by atoms with E-state index in [1.54, 1.807) is 180 Å². The van der Waals surface area contributed by atoms with E-state index >= 15 is 0 Å². The van der Waals surface area contributed by atoms with Gasteiger partial charge in [0, 0.05) is 105 Å². The summed E-state index contributed by atoms with van der Waals surface area (Å²) in [6.07, 6.45) is -8.77. The maximum atomic E-state index is 14.8. The molecule has 31 nitrogen and oxygen atoms in total. The van der Waals surface area contributed by atoms with Crippen LogP contribution >= 0.6 is 71.0 Å². The molecule has 3 aromatic rings. The summed E-state index contributed by atoms with van der Waals surface area (Å²) in [6.45, 7) is 31.4. The maximum absolute atomic E-state index is 14.8. The second-order valence-corrected chi connectivity index (χ2v) is 41.5. The Labute approximate surface area is 865 Å². The van der Waals surface area contributed by atoms with Crippen LogP contribution < -0.4 is 29.6 Å². The van der Waals surface area contributed by atoms with Crippen molar-refractivity contribution in [3.8, 4) is 0 Å². The Morgan fingerprint density at radius 1 is 0.442 bits per heavy atom. The van der Waals surface area contributed by atoms with E-state index in [1.807, 2.05) is 9.24 Å². The Hall–Kier alpha value is -6.89. The van der Waals surface area contributed by atoms with Gasteiger partial charge in [0.1, 0.15) is 53.4 Å². The number of esters is 9. The molecule has 9 aliphatic rings. The van der Waals surface area contributed by atoms with Crippen LogP contribution in [0, 0.1) is 56.2 Å². The number of thiocarbonyl (C=S) groups is 3. The Morgan fingerprint density at radius 3 is 1.00 bits per heavy atom. The molecule has 6 fully saturated rings. The largest absolute Gasteiger partial charge is 1.00 e. The van der Waals surface area contributed by atoms with Gasteiger partial charge in [-0.1, -0.05) is 170 Å². The minimum Gasteiger partial charge on any atom is -1.00 e. The number of ketones is 3. The molecule has 0 bridgehead atoms. The quantitative estimate of drug-likeness (QED) is 0.00789. The first-order valence-corrected chi connectivity index (χ1v) is 49.5. The number of carbonyl (C=O) groups excluding carboxylic acids is 12. The summed E-state index contributed by atoms with van der Waals surface area (Å²) in [5.41, 5.74) is -16.5. The average molecular weight is 2120 g/mol. The average Bonchev–Trinajstić information content (AvgIpc) is 0.685. The third kappa shape index (κ3) is 23.4. The van der Waals surface area contributed by atoms with E-state index in [9.17, 15) is 93.3 Å². The van der Waals surface area contributed by atoms with E-state index in [2.05, 4.69) is 47.0 Å². The second-order valence-electron chi connectivity index (χ2n) is 39.3. The minimum absolute atomic E-state index is 0. The van der Waals surface area contributed by atoms with Crippen molar-refractivity contribution >= 4 is 151 Å². The predicted molar refractivity (Wildman–Crippen MR) is 525 cm³/mol. The van der Waals surface area contributed by atoms with E-state index in [-0.39, 0.29) is 113 Å². The molecule has 7 N–H and O–H groups in total. The number of benzene rings is 3. The van der Waals surface area contributed by atoms with E-state index in [1.165, 1.54) is 86.2 Å². The number of rotatable bonds is 25. The Balaban J connectivity index is 0.000000356. The fraction of sp³-hybridized carbons (Fsp3) is 0.624. The Kier molecular flexibility index (Phi) is 40.7. The molecule has 3 aliphatic heterocycles. The van der Waals surface area contributed by atoms with E-state index in [4.69, 9.17) is 69.1 Å². The molecule has 26 atom stereocenters. The molecule has 758 valence electrons. The van der Waals surface area contributed by atoms with Gasteiger partial charge in [-0.3, -0.25) is 43.2 Å². The summed E-state index contributed by atoms with van der Waals surface area (Å²) in [5, 5.41) is 83.2. The van der Waals surface area contributed by atoms with Crippen molar-refractivity contribution in [1.82, 2.24) is 0 Å².